The van der Waals surface area contributed by atoms with Crippen molar-refractivity contribution in [3.63, 3.8) is 0 Å². The summed E-state index contributed by atoms with van der Waals surface area (Å²) in [6.07, 6.45) is 2.98. The van der Waals surface area contributed by atoms with Crippen LogP contribution in [0.2, 0.25) is 0 Å². The summed E-state index contributed by atoms with van der Waals surface area (Å²) in [7, 11) is 0. The number of hydrogen-bond donors (Lipinski definition) is 1. The lowest BCUT2D eigenvalue weighted by Crippen LogP contribution is -2.26. The number of aryl methyl sites for hydroxylation is 1. The fourth-order valence-electron chi connectivity index (χ4n) is 1.64. The van der Waals surface area contributed by atoms with Crippen LogP contribution in [-0.4, -0.2) is 24.1 Å². The summed E-state index contributed by atoms with van der Waals surface area (Å²) >= 11 is 0. The first-order valence-electron chi connectivity index (χ1n) is 4.69. The summed E-state index contributed by atoms with van der Waals surface area (Å²) in [4.78, 5) is 6.61. The molecule has 0 aromatic carbocycles. The fourth-order valence-corrected chi connectivity index (χ4v) is 1.64. The summed E-state index contributed by atoms with van der Waals surface area (Å²) in [6, 6.07) is 4.47. The molecule has 1 atom stereocenters. The van der Waals surface area contributed by atoms with E-state index in [1.165, 1.54) is 5.56 Å². The lowest BCUT2D eigenvalue weighted by atomic mass is 10.3. The summed E-state index contributed by atoms with van der Waals surface area (Å²) in [5.41, 5.74) is 7.02. The number of rotatable bonds is 1. The van der Waals surface area contributed by atoms with Crippen molar-refractivity contribution in [3.05, 3.63) is 23.9 Å². The standard InChI is InChI=1S/C10H15N3/c1-8-2-3-10(12-6-8)13-5-4-9(11)7-13/h2-3,6,9H,4-5,7,11H2,1H3/t9-/m1/s1. The predicted octanol–water partition coefficient (Wildman–Crippen LogP) is 0.927. The Morgan fingerprint density at radius 1 is 1.54 bits per heavy atom. The van der Waals surface area contributed by atoms with Gasteiger partial charge in [0.05, 0.1) is 0 Å². The minimum absolute atomic E-state index is 0.322. The number of nitrogens with zero attached hydrogens (tertiary/aromatic N) is 2. The minimum atomic E-state index is 0.322. The van der Waals surface area contributed by atoms with Crippen LogP contribution in [-0.2, 0) is 0 Å². The van der Waals surface area contributed by atoms with Gasteiger partial charge in [0.1, 0.15) is 5.82 Å². The zero-order chi connectivity index (χ0) is 9.26. The molecule has 0 bridgehead atoms. The normalized spacial score (nSPS) is 22.3. The van der Waals surface area contributed by atoms with E-state index in [0.29, 0.717) is 6.04 Å². The van der Waals surface area contributed by atoms with E-state index < -0.39 is 0 Å². The van der Waals surface area contributed by atoms with Crippen molar-refractivity contribution in [1.82, 2.24) is 4.98 Å². The Bertz CT molecular complexity index is 281. The van der Waals surface area contributed by atoms with Gasteiger partial charge >= 0.3 is 0 Å². The number of hydrogen-bond acceptors (Lipinski definition) is 3. The van der Waals surface area contributed by atoms with Crippen LogP contribution in [0.5, 0.6) is 0 Å². The second-order valence-corrected chi connectivity index (χ2v) is 3.69. The van der Waals surface area contributed by atoms with Crippen LogP contribution in [0.15, 0.2) is 18.3 Å². The first-order chi connectivity index (χ1) is 6.25. The van der Waals surface area contributed by atoms with Crippen molar-refractivity contribution >= 4 is 5.82 Å². The lowest BCUT2D eigenvalue weighted by molar-refractivity contribution is 0.751. The SMILES string of the molecule is Cc1ccc(N2CC[C@@H](N)C2)nc1. The average Bonchev–Trinajstić information content (AvgIpc) is 2.53. The molecule has 2 rings (SSSR count). The molecule has 1 saturated heterocycles. The molecule has 1 aliphatic heterocycles. The van der Waals surface area contributed by atoms with Crippen LogP contribution in [0, 0.1) is 6.92 Å². The van der Waals surface area contributed by atoms with Crippen LogP contribution in [0.1, 0.15) is 12.0 Å². The van der Waals surface area contributed by atoms with Gasteiger partial charge in [0.15, 0.2) is 0 Å². The fraction of sp³-hybridized carbons (Fsp3) is 0.500. The van der Waals surface area contributed by atoms with Crippen LogP contribution in [0.3, 0.4) is 0 Å². The molecule has 2 N–H and O–H groups in total. The van der Waals surface area contributed by atoms with E-state index in [1.54, 1.807) is 0 Å². The second-order valence-electron chi connectivity index (χ2n) is 3.69. The predicted molar refractivity (Wildman–Crippen MR) is 53.8 cm³/mol. The maximum Gasteiger partial charge on any atom is 0.128 e. The topological polar surface area (TPSA) is 42.1 Å². The van der Waals surface area contributed by atoms with Gasteiger partial charge < -0.3 is 10.6 Å². The lowest BCUT2D eigenvalue weighted by Gasteiger charge is -2.16. The van der Waals surface area contributed by atoms with Crippen molar-refractivity contribution in [3.8, 4) is 0 Å². The third-order valence-electron chi connectivity index (χ3n) is 2.44. The quantitative estimate of drug-likeness (QED) is 0.693. The molecule has 0 aliphatic carbocycles. The Morgan fingerprint density at radius 2 is 2.38 bits per heavy atom. The molecule has 1 aromatic heterocycles. The van der Waals surface area contributed by atoms with Gasteiger partial charge in [-0.1, -0.05) is 6.07 Å². The zero-order valence-corrected chi connectivity index (χ0v) is 7.90. The number of nitrogens with two attached hydrogens (primary N) is 1. The second kappa shape index (κ2) is 3.34. The first kappa shape index (κ1) is 8.51. The van der Waals surface area contributed by atoms with E-state index in [4.69, 9.17) is 5.73 Å². The Hall–Kier alpha value is -1.09. The highest BCUT2D eigenvalue weighted by Gasteiger charge is 2.19. The minimum Gasteiger partial charge on any atom is -0.355 e. The average molecular weight is 177 g/mol. The van der Waals surface area contributed by atoms with Crippen LogP contribution in [0.4, 0.5) is 5.82 Å². The molecule has 2 heterocycles. The third kappa shape index (κ3) is 1.80. The van der Waals surface area contributed by atoms with Gasteiger partial charge in [-0.2, -0.15) is 0 Å². The van der Waals surface area contributed by atoms with Crippen LogP contribution in [0.25, 0.3) is 0 Å². The number of aromatic nitrogens is 1. The van der Waals surface area contributed by atoms with Crippen LogP contribution < -0.4 is 10.6 Å². The molecule has 0 radical (unpaired) electrons. The highest BCUT2D eigenvalue weighted by molar-refractivity contribution is 5.40. The van der Waals surface area contributed by atoms with Crippen molar-refractivity contribution in [2.24, 2.45) is 5.73 Å². The first-order valence-corrected chi connectivity index (χ1v) is 4.69. The smallest absolute Gasteiger partial charge is 0.128 e. The van der Waals surface area contributed by atoms with Gasteiger partial charge in [0.25, 0.3) is 0 Å². The zero-order valence-electron chi connectivity index (χ0n) is 7.90. The molecule has 0 spiro atoms. The Labute approximate surface area is 78.6 Å². The molecular weight excluding hydrogens is 162 g/mol. The molecule has 3 heteroatoms. The Morgan fingerprint density at radius 3 is 2.92 bits per heavy atom. The van der Waals surface area contributed by atoms with Crippen molar-refractivity contribution < 1.29 is 0 Å². The van der Waals surface area contributed by atoms with E-state index in [9.17, 15) is 0 Å². The van der Waals surface area contributed by atoms with E-state index in [1.807, 2.05) is 13.1 Å². The Kier molecular flexibility index (Phi) is 2.19. The van der Waals surface area contributed by atoms with Gasteiger partial charge in [0, 0.05) is 25.3 Å². The molecule has 70 valence electrons. The van der Waals surface area contributed by atoms with Crippen LogP contribution >= 0.6 is 0 Å². The van der Waals surface area contributed by atoms with E-state index >= 15 is 0 Å². The summed E-state index contributed by atoms with van der Waals surface area (Å²) in [5.74, 6) is 1.05. The molecule has 1 aromatic rings. The highest BCUT2D eigenvalue weighted by Crippen LogP contribution is 2.16. The summed E-state index contributed by atoms with van der Waals surface area (Å²) < 4.78 is 0. The summed E-state index contributed by atoms with van der Waals surface area (Å²) in [6.45, 7) is 4.03. The van der Waals surface area contributed by atoms with Gasteiger partial charge in [-0.15, -0.1) is 0 Å². The third-order valence-corrected chi connectivity index (χ3v) is 2.44. The van der Waals surface area contributed by atoms with Crippen molar-refractivity contribution in [2.75, 3.05) is 18.0 Å². The van der Waals surface area contributed by atoms with E-state index in [0.717, 1.165) is 25.3 Å². The van der Waals surface area contributed by atoms with E-state index in [-0.39, 0.29) is 0 Å². The maximum absolute atomic E-state index is 5.82. The molecule has 1 fully saturated rings. The molecule has 1 aliphatic rings. The largest absolute Gasteiger partial charge is 0.355 e. The van der Waals surface area contributed by atoms with Gasteiger partial charge in [0.2, 0.25) is 0 Å². The number of anilines is 1. The van der Waals surface area contributed by atoms with Crippen molar-refractivity contribution in [2.45, 2.75) is 19.4 Å². The molecule has 3 nitrogen and oxygen atoms in total. The number of pyridine rings is 1. The molecule has 13 heavy (non-hydrogen) atoms. The Balaban J connectivity index is 2.13. The molecular formula is C10H15N3. The van der Waals surface area contributed by atoms with Crippen molar-refractivity contribution in [1.29, 1.82) is 0 Å². The van der Waals surface area contributed by atoms with Gasteiger partial charge in [-0.25, -0.2) is 4.98 Å². The molecule has 0 amide bonds. The molecule has 0 saturated carbocycles. The van der Waals surface area contributed by atoms with Gasteiger partial charge in [-0.3, -0.25) is 0 Å². The maximum atomic E-state index is 5.82. The van der Waals surface area contributed by atoms with Gasteiger partial charge in [-0.05, 0) is 25.0 Å². The highest BCUT2D eigenvalue weighted by atomic mass is 15.2. The van der Waals surface area contributed by atoms with E-state index in [2.05, 4.69) is 22.0 Å². The summed E-state index contributed by atoms with van der Waals surface area (Å²) in [5, 5.41) is 0. The molecule has 0 unspecified atom stereocenters. The monoisotopic (exact) mass is 177 g/mol.